The van der Waals surface area contributed by atoms with Crippen molar-refractivity contribution in [1.29, 1.82) is 0 Å². The van der Waals surface area contributed by atoms with Crippen molar-refractivity contribution in [2.45, 2.75) is 44.7 Å². The van der Waals surface area contributed by atoms with Crippen LogP contribution in [0.1, 0.15) is 32.8 Å². The molecule has 8 heteroatoms. The molecule has 1 heterocycles. The molecule has 1 aliphatic heterocycles. The predicted molar refractivity (Wildman–Crippen MR) is 118 cm³/mol. The van der Waals surface area contributed by atoms with Gasteiger partial charge in [0.25, 0.3) is 0 Å². The van der Waals surface area contributed by atoms with Crippen LogP contribution in [-0.4, -0.2) is 71.0 Å². The number of rotatable bonds is 9. The highest BCUT2D eigenvalue weighted by Gasteiger charge is 2.22. The normalized spacial score (nSPS) is 17.3. The number of ether oxygens (including phenoxy) is 1. The SMILES string of the molecule is CCNC(=NCc1ccc(S(C)(=O)=O)cc1)NCC(CC(C)C)N1CCOCC1. The molecule has 1 aromatic carbocycles. The lowest BCUT2D eigenvalue weighted by Crippen LogP contribution is -2.51. The fourth-order valence-electron chi connectivity index (χ4n) is 3.42. The third-order valence-corrected chi connectivity index (χ3v) is 6.05. The van der Waals surface area contributed by atoms with E-state index in [0.717, 1.165) is 57.3 Å². The predicted octanol–water partition coefficient (Wildman–Crippen LogP) is 1.89. The topological polar surface area (TPSA) is 83.0 Å². The number of morpholine rings is 1. The smallest absolute Gasteiger partial charge is 0.191 e. The lowest BCUT2D eigenvalue weighted by atomic mass is 10.0. The number of sulfone groups is 1. The minimum atomic E-state index is -3.17. The van der Waals surface area contributed by atoms with E-state index in [-0.39, 0.29) is 0 Å². The summed E-state index contributed by atoms with van der Waals surface area (Å²) in [6.45, 7) is 12.2. The van der Waals surface area contributed by atoms with Crippen molar-refractivity contribution in [2.75, 3.05) is 45.6 Å². The van der Waals surface area contributed by atoms with Gasteiger partial charge in [0, 0.05) is 38.5 Å². The molecule has 0 spiro atoms. The largest absolute Gasteiger partial charge is 0.379 e. The highest BCUT2D eigenvalue weighted by molar-refractivity contribution is 7.90. The second kappa shape index (κ2) is 11.5. The number of hydrogen-bond acceptors (Lipinski definition) is 5. The molecule has 1 aliphatic rings. The van der Waals surface area contributed by atoms with Crippen LogP contribution < -0.4 is 10.6 Å². The molecular weight excluding hydrogens is 388 g/mol. The molecular formula is C21H36N4O3S. The minimum absolute atomic E-state index is 0.331. The van der Waals surface area contributed by atoms with Gasteiger partial charge in [-0.25, -0.2) is 13.4 Å². The maximum Gasteiger partial charge on any atom is 0.191 e. The van der Waals surface area contributed by atoms with Crippen LogP contribution in [0.3, 0.4) is 0 Å². The van der Waals surface area contributed by atoms with Crippen LogP contribution in [-0.2, 0) is 21.1 Å². The van der Waals surface area contributed by atoms with E-state index >= 15 is 0 Å². The first-order valence-corrected chi connectivity index (χ1v) is 12.3. The fraction of sp³-hybridized carbons (Fsp3) is 0.667. The number of hydrogen-bond donors (Lipinski definition) is 2. The summed E-state index contributed by atoms with van der Waals surface area (Å²) in [5.74, 6) is 1.40. The minimum Gasteiger partial charge on any atom is -0.379 e. The van der Waals surface area contributed by atoms with Gasteiger partial charge in [0.15, 0.2) is 15.8 Å². The van der Waals surface area contributed by atoms with Gasteiger partial charge in [-0.15, -0.1) is 0 Å². The Hall–Kier alpha value is -1.64. The van der Waals surface area contributed by atoms with Crippen molar-refractivity contribution in [3.8, 4) is 0 Å². The molecule has 1 atom stereocenters. The standard InChI is InChI=1S/C21H36N4O3S/c1-5-22-21(23-15-18-6-8-20(9-7-18)29(4,26)27)24-16-19(14-17(2)3)25-10-12-28-13-11-25/h6-9,17,19H,5,10-16H2,1-4H3,(H2,22,23,24). The molecule has 1 saturated heterocycles. The van der Waals surface area contributed by atoms with Crippen molar-refractivity contribution in [3.05, 3.63) is 29.8 Å². The zero-order valence-electron chi connectivity index (χ0n) is 18.1. The Kier molecular flexibility index (Phi) is 9.39. The van der Waals surface area contributed by atoms with Crippen LogP contribution in [0.4, 0.5) is 0 Å². The summed E-state index contributed by atoms with van der Waals surface area (Å²) in [5.41, 5.74) is 0.974. The molecule has 0 amide bonds. The first-order valence-electron chi connectivity index (χ1n) is 10.4. The first-order chi connectivity index (χ1) is 13.8. The van der Waals surface area contributed by atoms with Gasteiger partial charge >= 0.3 is 0 Å². The van der Waals surface area contributed by atoms with E-state index in [2.05, 4.69) is 34.4 Å². The lowest BCUT2D eigenvalue weighted by Gasteiger charge is -2.35. The second-order valence-electron chi connectivity index (χ2n) is 7.92. The summed E-state index contributed by atoms with van der Waals surface area (Å²) < 4.78 is 28.7. The van der Waals surface area contributed by atoms with E-state index in [9.17, 15) is 8.42 Å². The van der Waals surface area contributed by atoms with Gasteiger partial charge in [-0.3, -0.25) is 4.90 Å². The Balaban J connectivity index is 1.99. The number of guanidine groups is 1. The number of benzene rings is 1. The zero-order chi connectivity index (χ0) is 21.3. The van der Waals surface area contributed by atoms with Crippen LogP contribution in [0.15, 0.2) is 34.2 Å². The van der Waals surface area contributed by atoms with Crippen LogP contribution in [0.25, 0.3) is 0 Å². The summed E-state index contributed by atoms with van der Waals surface area (Å²) in [4.78, 5) is 7.51. The Labute approximate surface area is 175 Å². The Morgan fingerprint density at radius 3 is 2.38 bits per heavy atom. The van der Waals surface area contributed by atoms with Gasteiger partial charge in [-0.05, 0) is 37.0 Å². The van der Waals surface area contributed by atoms with Gasteiger partial charge in [0.05, 0.1) is 24.7 Å². The zero-order valence-corrected chi connectivity index (χ0v) is 19.0. The molecule has 0 aliphatic carbocycles. The molecule has 0 saturated carbocycles. The number of aliphatic imine (C=N–C) groups is 1. The third kappa shape index (κ3) is 8.32. The summed E-state index contributed by atoms with van der Waals surface area (Å²) in [6, 6.07) is 7.35. The second-order valence-corrected chi connectivity index (χ2v) is 9.94. The van der Waals surface area contributed by atoms with E-state index < -0.39 is 9.84 Å². The molecule has 164 valence electrons. The molecule has 1 unspecified atom stereocenters. The van der Waals surface area contributed by atoms with Crippen molar-refractivity contribution in [1.82, 2.24) is 15.5 Å². The van der Waals surface area contributed by atoms with E-state index in [1.165, 1.54) is 6.26 Å². The van der Waals surface area contributed by atoms with Gasteiger partial charge < -0.3 is 15.4 Å². The van der Waals surface area contributed by atoms with Crippen molar-refractivity contribution in [2.24, 2.45) is 10.9 Å². The maximum atomic E-state index is 11.6. The van der Waals surface area contributed by atoms with Crippen molar-refractivity contribution in [3.63, 3.8) is 0 Å². The molecule has 1 aromatic rings. The van der Waals surface area contributed by atoms with Crippen molar-refractivity contribution >= 4 is 15.8 Å². The molecule has 7 nitrogen and oxygen atoms in total. The van der Waals surface area contributed by atoms with Gasteiger partial charge in [0.1, 0.15) is 0 Å². The van der Waals surface area contributed by atoms with Crippen molar-refractivity contribution < 1.29 is 13.2 Å². The Morgan fingerprint density at radius 2 is 1.83 bits per heavy atom. The molecule has 0 bridgehead atoms. The van der Waals surface area contributed by atoms with E-state index in [0.29, 0.717) is 23.4 Å². The highest BCUT2D eigenvalue weighted by Crippen LogP contribution is 2.13. The third-order valence-electron chi connectivity index (χ3n) is 4.93. The Bertz CT molecular complexity index is 742. The van der Waals surface area contributed by atoms with Crippen LogP contribution in [0.2, 0.25) is 0 Å². The van der Waals surface area contributed by atoms with Crippen LogP contribution >= 0.6 is 0 Å². The van der Waals surface area contributed by atoms with Gasteiger partial charge in [-0.1, -0.05) is 26.0 Å². The maximum absolute atomic E-state index is 11.6. The summed E-state index contributed by atoms with van der Waals surface area (Å²) in [7, 11) is -3.17. The summed E-state index contributed by atoms with van der Waals surface area (Å²) in [5, 5.41) is 6.79. The Morgan fingerprint density at radius 1 is 1.17 bits per heavy atom. The molecule has 29 heavy (non-hydrogen) atoms. The molecule has 0 radical (unpaired) electrons. The number of nitrogens with zero attached hydrogens (tertiary/aromatic N) is 2. The lowest BCUT2D eigenvalue weighted by molar-refractivity contribution is 0.0132. The average molecular weight is 425 g/mol. The quantitative estimate of drug-likeness (QED) is 0.465. The highest BCUT2D eigenvalue weighted by atomic mass is 32.2. The fourth-order valence-corrected chi connectivity index (χ4v) is 4.05. The summed E-state index contributed by atoms with van der Waals surface area (Å²) in [6.07, 6.45) is 2.34. The molecule has 2 rings (SSSR count). The van der Waals surface area contributed by atoms with Crippen LogP contribution in [0.5, 0.6) is 0 Å². The number of nitrogens with one attached hydrogen (secondary N) is 2. The first kappa shape index (κ1) is 23.6. The van der Waals surface area contributed by atoms with E-state index in [4.69, 9.17) is 4.74 Å². The van der Waals surface area contributed by atoms with E-state index in [1.54, 1.807) is 12.1 Å². The van der Waals surface area contributed by atoms with Gasteiger partial charge in [-0.2, -0.15) is 0 Å². The average Bonchev–Trinajstić information content (AvgIpc) is 2.69. The van der Waals surface area contributed by atoms with Crippen LogP contribution in [0, 0.1) is 5.92 Å². The van der Waals surface area contributed by atoms with Gasteiger partial charge in [0.2, 0.25) is 0 Å². The van der Waals surface area contributed by atoms with E-state index in [1.807, 2.05) is 19.1 Å². The molecule has 0 aromatic heterocycles. The summed E-state index contributed by atoms with van der Waals surface area (Å²) >= 11 is 0. The molecule has 2 N–H and O–H groups in total. The monoisotopic (exact) mass is 424 g/mol. The molecule has 1 fully saturated rings.